The van der Waals surface area contributed by atoms with E-state index in [1.165, 1.54) is 6.33 Å². The molecule has 0 bridgehead atoms. The Kier molecular flexibility index (Phi) is 6.09. The van der Waals surface area contributed by atoms with Crippen molar-refractivity contribution in [1.29, 1.82) is 0 Å². The van der Waals surface area contributed by atoms with E-state index in [0.29, 0.717) is 17.3 Å². The van der Waals surface area contributed by atoms with E-state index in [2.05, 4.69) is 27.6 Å². The first-order valence-corrected chi connectivity index (χ1v) is 8.27. The molecule has 0 spiro atoms. The zero-order valence-electron chi connectivity index (χ0n) is 12.4. The van der Waals surface area contributed by atoms with Gasteiger partial charge in [0.1, 0.15) is 12.7 Å². The van der Waals surface area contributed by atoms with Gasteiger partial charge >= 0.3 is 6.03 Å². The van der Waals surface area contributed by atoms with Gasteiger partial charge in [0, 0.05) is 16.0 Å². The van der Waals surface area contributed by atoms with Crippen LogP contribution in [0.1, 0.15) is 13.8 Å². The van der Waals surface area contributed by atoms with E-state index in [4.69, 9.17) is 11.6 Å². The highest BCUT2D eigenvalue weighted by atomic mass is 35.5. The van der Waals surface area contributed by atoms with Crippen LogP contribution in [0.4, 0.5) is 10.5 Å². The van der Waals surface area contributed by atoms with E-state index in [-0.39, 0.29) is 12.1 Å². The first-order chi connectivity index (χ1) is 10.6. The molecule has 0 fully saturated rings. The number of nitrogens with zero attached hydrogens (tertiary/aromatic N) is 3. The smallest absolute Gasteiger partial charge is 0.319 e. The predicted molar refractivity (Wildman–Crippen MR) is 89.5 cm³/mol. The number of anilines is 1. The molecule has 0 aliphatic rings. The van der Waals surface area contributed by atoms with Crippen molar-refractivity contribution in [2.45, 2.75) is 31.3 Å². The Hall–Kier alpha value is -1.73. The number of benzene rings is 1. The van der Waals surface area contributed by atoms with Crippen molar-refractivity contribution in [2.75, 3.05) is 11.1 Å². The van der Waals surface area contributed by atoms with Crippen LogP contribution in [-0.2, 0) is 6.54 Å². The third-order valence-electron chi connectivity index (χ3n) is 2.79. The van der Waals surface area contributed by atoms with Crippen LogP contribution in [0.15, 0.2) is 35.7 Å². The number of hydrogen-bond acceptors (Lipinski definition) is 4. The van der Waals surface area contributed by atoms with Gasteiger partial charge in [-0.05, 0) is 30.9 Å². The van der Waals surface area contributed by atoms with Gasteiger partial charge in [-0.25, -0.2) is 9.78 Å². The Labute approximate surface area is 138 Å². The largest absolute Gasteiger partial charge is 0.334 e. The summed E-state index contributed by atoms with van der Waals surface area (Å²) in [6, 6.07) is 5.12. The quantitative estimate of drug-likeness (QED) is 0.792. The highest BCUT2D eigenvalue weighted by Crippen LogP contribution is 2.29. The summed E-state index contributed by atoms with van der Waals surface area (Å²) in [5, 5.41) is 10.3. The molecular formula is C14H18ClN5OS. The van der Waals surface area contributed by atoms with Gasteiger partial charge in [0.15, 0.2) is 0 Å². The van der Waals surface area contributed by atoms with Gasteiger partial charge in [0.05, 0.1) is 12.2 Å². The molecule has 1 aromatic heterocycles. The molecule has 6 nitrogen and oxygen atoms in total. The summed E-state index contributed by atoms with van der Waals surface area (Å²) in [6.07, 6.45) is 3.08. The Morgan fingerprint density at radius 3 is 3.00 bits per heavy atom. The van der Waals surface area contributed by atoms with Crippen molar-refractivity contribution in [2.24, 2.45) is 0 Å². The summed E-state index contributed by atoms with van der Waals surface area (Å²) in [6.45, 7) is 4.52. The summed E-state index contributed by atoms with van der Waals surface area (Å²) in [5.41, 5.74) is 0.713. The number of carbonyl (C=O) groups is 1. The molecule has 0 saturated heterocycles. The standard InChI is InChI=1S/C14H18ClN5OS/c1-3-22-13-5-4-11(15)6-12(13)19-14(21)18-10(2)7-20-9-16-8-17-20/h4-6,8-10H,3,7H2,1-2H3,(H2,18,19,21). The molecule has 2 rings (SSSR count). The monoisotopic (exact) mass is 339 g/mol. The summed E-state index contributed by atoms with van der Waals surface area (Å²) < 4.78 is 1.67. The molecule has 1 heterocycles. The third kappa shape index (κ3) is 4.92. The van der Waals surface area contributed by atoms with Crippen molar-refractivity contribution in [1.82, 2.24) is 20.1 Å². The molecule has 1 unspecified atom stereocenters. The molecule has 1 atom stereocenters. The van der Waals surface area contributed by atoms with Crippen molar-refractivity contribution in [3.8, 4) is 0 Å². The van der Waals surface area contributed by atoms with E-state index >= 15 is 0 Å². The topological polar surface area (TPSA) is 71.8 Å². The van der Waals surface area contributed by atoms with Crippen LogP contribution in [0.5, 0.6) is 0 Å². The lowest BCUT2D eigenvalue weighted by molar-refractivity contribution is 0.247. The molecule has 118 valence electrons. The average molecular weight is 340 g/mol. The number of hydrogen-bond donors (Lipinski definition) is 2. The highest BCUT2D eigenvalue weighted by Gasteiger charge is 2.11. The van der Waals surface area contributed by atoms with Crippen LogP contribution in [0.25, 0.3) is 0 Å². The maximum absolute atomic E-state index is 12.1. The summed E-state index contributed by atoms with van der Waals surface area (Å²) in [5.74, 6) is 0.917. The lowest BCUT2D eigenvalue weighted by Gasteiger charge is -2.16. The molecular weight excluding hydrogens is 322 g/mol. The Balaban J connectivity index is 1.95. The van der Waals surface area contributed by atoms with Gasteiger partial charge in [-0.15, -0.1) is 11.8 Å². The molecule has 1 aromatic carbocycles. The molecule has 2 aromatic rings. The average Bonchev–Trinajstić information content (AvgIpc) is 2.94. The Morgan fingerprint density at radius 2 is 2.32 bits per heavy atom. The van der Waals surface area contributed by atoms with Crippen molar-refractivity contribution in [3.05, 3.63) is 35.9 Å². The zero-order chi connectivity index (χ0) is 15.9. The van der Waals surface area contributed by atoms with Gasteiger partial charge < -0.3 is 10.6 Å². The van der Waals surface area contributed by atoms with Crippen molar-refractivity contribution < 1.29 is 4.79 Å². The number of rotatable bonds is 6. The van der Waals surface area contributed by atoms with Gasteiger partial charge in [0.25, 0.3) is 0 Å². The first-order valence-electron chi connectivity index (χ1n) is 6.90. The second-order valence-corrected chi connectivity index (χ2v) is 6.43. The van der Waals surface area contributed by atoms with Crippen LogP contribution >= 0.6 is 23.4 Å². The fraction of sp³-hybridized carbons (Fsp3) is 0.357. The summed E-state index contributed by atoms with van der Waals surface area (Å²) in [4.78, 5) is 17.0. The second kappa shape index (κ2) is 8.05. The number of carbonyl (C=O) groups excluding carboxylic acids is 1. The van der Waals surface area contributed by atoms with Crippen LogP contribution in [0.2, 0.25) is 5.02 Å². The molecule has 0 aliphatic heterocycles. The summed E-state index contributed by atoms with van der Waals surface area (Å²) in [7, 11) is 0. The number of nitrogens with one attached hydrogen (secondary N) is 2. The van der Waals surface area contributed by atoms with E-state index in [1.54, 1.807) is 28.8 Å². The maximum Gasteiger partial charge on any atom is 0.319 e. The highest BCUT2D eigenvalue weighted by molar-refractivity contribution is 7.99. The van der Waals surface area contributed by atoms with Crippen molar-refractivity contribution >= 4 is 35.1 Å². The van der Waals surface area contributed by atoms with E-state index < -0.39 is 0 Å². The molecule has 0 saturated carbocycles. The maximum atomic E-state index is 12.1. The minimum atomic E-state index is -0.271. The first kappa shape index (κ1) is 16.6. The van der Waals surface area contributed by atoms with E-state index in [9.17, 15) is 4.79 Å². The molecule has 2 N–H and O–H groups in total. The second-order valence-electron chi connectivity index (χ2n) is 4.69. The van der Waals surface area contributed by atoms with Gasteiger partial charge in [-0.1, -0.05) is 18.5 Å². The van der Waals surface area contributed by atoms with Crippen LogP contribution in [0.3, 0.4) is 0 Å². The van der Waals surface area contributed by atoms with Crippen LogP contribution in [0, 0.1) is 0 Å². The Bertz CT molecular complexity index is 620. The van der Waals surface area contributed by atoms with Gasteiger partial charge in [0.2, 0.25) is 0 Å². The molecule has 2 amide bonds. The van der Waals surface area contributed by atoms with Gasteiger partial charge in [-0.3, -0.25) is 4.68 Å². The Morgan fingerprint density at radius 1 is 1.50 bits per heavy atom. The minimum Gasteiger partial charge on any atom is -0.334 e. The molecule has 22 heavy (non-hydrogen) atoms. The minimum absolute atomic E-state index is 0.0804. The lowest BCUT2D eigenvalue weighted by atomic mass is 10.3. The van der Waals surface area contributed by atoms with E-state index in [0.717, 1.165) is 10.6 Å². The fourth-order valence-electron chi connectivity index (χ4n) is 1.92. The van der Waals surface area contributed by atoms with Crippen molar-refractivity contribution in [3.63, 3.8) is 0 Å². The normalized spacial score (nSPS) is 12.0. The molecule has 0 radical (unpaired) electrons. The van der Waals surface area contributed by atoms with E-state index in [1.807, 2.05) is 19.1 Å². The fourth-order valence-corrected chi connectivity index (χ4v) is 2.83. The summed E-state index contributed by atoms with van der Waals surface area (Å²) >= 11 is 7.65. The number of halogens is 1. The van der Waals surface area contributed by atoms with Crippen LogP contribution < -0.4 is 10.6 Å². The lowest BCUT2D eigenvalue weighted by Crippen LogP contribution is -2.38. The van der Waals surface area contributed by atoms with Crippen LogP contribution in [-0.4, -0.2) is 32.6 Å². The number of aromatic nitrogens is 3. The number of amides is 2. The molecule has 8 heteroatoms. The zero-order valence-corrected chi connectivity index (χ0v) is 14.0. The third-order valence-corrected chi connectivity index (χ3v) is 3.99. The number of urea groups is 1. The number of thioether (sulfide) groups is 1. The predicted octanol–water partition coefficient (Wildman–Crippen LogP) is 3.25. The molecule has 0 aliphatic carbocycles. The SMILES string of the molecule is CCSc1ccc(Cl)cc1NC(=O)NC(C)Cn1cncn1. The van der Waals surface area contributed by atoms with Gasteiger partial charge in [-0.2, -0.15) is 5.10 Å².